The van der Waals surface area contributed by atoms with E-state index in [2.05, 4.69) is 4.72 Å². The van der Waals surface area contributed by atoms with Gasteiger partial charge in [0.05, 0.1) is 4.90 Å². The highest BCUT2D eigenvalue weighted by Crippen LogP contribution is 2.32. The van der Waals surface area contributed by atoms with Crippen molar-refractivity contribution in [3.63, 3.8) is 0 Å². The zero-order valence-corrected chi connectivity index (χ0v) is 16.1. The van der Waals surface area contributed by atoms with E-state index < -0.39 is 10.0 Å². The van der Waals surface area contributed by atoms with E-state index in [1.165, 1.54) is 12.1 Å². The topological polar surface area (TPSA) is 64.6 Å². The van der Waals surface area contributed by atoms with Crippen molar-refractivity contribution < 1.29 is 17.9 Å². The van der Waals surface area contributed by atoms with Gasteiger partial charge in [-0.3, -0.25) is 0 Å². The van der Waals surface area contributed by atoms with Crippen molar-refractivity contribution in [2.75, 3.05) is 19.8 Å². The molecule has 3 aromatic rings. The molecule has 0 fully saturated rings. The summed E-state index contributed by atoms with van der Waals surface area (Å²) < 4.78 is 39.5. The Kier molecular flexibility index (Phi) is 5.32. The van der Waals surface area contributed by atoms with E-state index in [-0.39, 0.29) is 17.4 Å². The van der Waals surface area contributed by atoms with Crippen molar-refractivity contribution in [1.82, 2.24) is 4.72 Å². The molecule has 4 rings (SSSR count). The third-order valence-electron chi connectivity index (χ3n) is 4.71. The largest absolute Gasteiger partial charge is 0.486 e. The molecule has 0 saturated heterocycles. The molecule has 0 spiro atoms. The summed E-state index contributed by atoms with van der Waals surface area (Å²) in [5, 5.41) is 0. The maximum atomic E-state index is 12.9. The van der Waals surface area contributed by atoms with E-state index in [0.717, 1.165) is 11.1 Å². The Bertz CT molecular complexity index is 997. The van der Waals surface area contributed by atoms with E-state index >= 15 is 0 Å². The van der Waals surface area contributed by atoms with E-state index in [9.17, 15) is 8.42 Å². The molecule has 3 aromatic carbocycles. The van der Waals surface area contributed by atoms with Gasteiger partial charge in [0.25, 0.3) is 0 Å². The van der Waals surface area contributed by atoms with Crippen molar-refractivity contribution in [2.45, 2.75) is 10.8 Å². The average Bonchev–Trinajstić information content (AvgIpc) is 2.75. The maximum Gasteiger partial charge on any atom is 0.240 e. The van der Waals surface area contributed by atoms with Crippen LogP contribution in [0.1, 0.15) is 17.0 Å². The lowest BCUT2D eigenvalue weighted by Gasteiger charge is -2.20. The molecular weight excluding hydrogens is 374 g/mol. The summed E-state index contributed by atoms with van der Waals surface area (Å²) in [7, 11) is -3.69. The zero-order valence-electron chi connectivity index (χ0n) is 15.2. The molecule has 6 heteroatoms. The minimum absolute atomic E-state index is 0.0885. The fraction of sp³-hybridized carbons (Fsp3) is 0.182. The second-order valence-electron chi connectivity index (χ2n) is 6.53. The molecule has 1 aliphatic rings. The Balaban J connectivity index is 1.58. The second kappa shape index (κ2) is 8.04. The molecule has 0 radical (unpaired) electrons. The normalized spacial score (nSPS) is 13.5. The molecule has 0 saturated carbocycles. The molecule has 144 valence electrons. The molecule has 1 N–H and O–H groups in total. The zero-order chi connectivity index (χ0) is 19.4. The maximum absolute atomic E-state index is 12.9. The highest BCUT2D eigenvalue weighted by atomic mass is 32.2. The van der Waals surface area contributed by atoms with Gasteiger partial charge in [-0.2, -0.15) is 0 Å². The predicted molar refractivity (Wildman–Crippen MR) is 107 cm³/mol. The summed E-state index contributed by atoms with van der Waals surface area (Å²) >= 11 is 0. The van der Waals surface area contributed by atoms with E-state index in [1.807, 2.05) is 60.7 Å². The molecule has 0 aliphatic carbocycles. The Hall–Kier alpha value is -2.83. The molecule has 0 amide bonds. The van der Waals surface area contributed by atoms with Gasteiger partial charge < -0.3 is 9.47 Å². The third-order valence-corrected chi connectivity index (χ3v) is 6.13. The summed E-state index contributed by atoms with van der Waals surface area (Å²) in [4.78, 5) is 0.164. The number of hydrogen-bond acceptors (Lipinski definition) is 4. The van der Waals surface area contributed by atoms with Crippen molar-refractivity contribution in [3.8, 4) is 11.5 Å². The van der Waals surface area contributed by atoms with Crippen molar-refractivity contribution in [2.24, 2.45) is 0 Å². The first kappa shape index (κ1) is 18.5. The van der Waals surface area contributed by atoms with E-state index in [1.54, 1.807) is 6.07 Å². The van der Waals surface area contributed by atoms with E-state index in [4.69, 9.17) is 9.47 Å². The van der Waals surface area contributed by atoms with Crippen LogP contribution in [0.15, 0.2) is 83.8 Å². The summed E-state index contributed by atoms with van der Waals surface area (Å²) in [6.45, 7) is 1.13. The van der Waals surface area contributed by atoms with Gasteiger partial charge in [-0.1, -0.05) is 60.7 Å². The van der Waals surface area contributed by atoms with Gasteiger partial charge in [-0.15, -0.1) is 0 Å². The minimum atomic E-state index is -3.69. The number of rotatable bonds is 6. The standard InChI is InChI=1S/C22H21NO4S/c24-28(25,19-11-12-21-22(15-19)27-14-13-26-21)23-16-20(17-7-3-1-4-8-17)18-9-5-2-6-10-18/h1-12,15,20,23H,13-14,16H2. The van der Waals surface area contributed by atoms with Crippen LogP contribution in [-0.2, 0) is 10.0 Å². The first-order chi connectivity index (χ1) is 13.6. The van der Waals surface area contributed by atoms with Crippen LogP contribution in [0.5, 0.6) is 11.5 Å². The third kappa shape index (κ3) is 4.03. The van der Waals surface area contributed by atoms with Gasteiger partial charge in [0.15, 0.2) is 11.5 Å². The van der Waals surface area contributed by atoms with Gasteiger partial charge in [0, 0.05) is 18.5 Å². The molecule has 0 unspecified atom stereocenters. The van der Waals surface area contributed by atoms with Gasteiger partial charge in [-0.05, 0) is 23.3 Å². The molecule has 5 nitrogen and oxygen atoms in total. The van der Waals surface area contributed by atoms with Crippen LogP contribution >= 0.6 is 0 Å². The Morgan fingerprint density at radius 1 is 0.786 bits per heavy atom. The lowest BCUT2D eigenvalue weighted by molar-refractivity contribution is 0.171. The Morgan fingerprint density at radius 3 is 1.96 bits per heavy atom. The summed E-state index contributed by atoms with van der Waals surface area (Å²) in [6, 6.07) is 24.5. The number of benzene rings is 3. The Labute approximate surface area is 165 Å². The molecule has 1 heterocycles. The number of fused-ring (bicyclic) bond motifs is 1. The molecular formula is C22H21NO4S. The fourth-order valence-electron chi connectivity index (χ4n) is 3.27. The van der Waals surface area contributed by atoms with Crippen LogP contribution in [0.3, 0.4) is 0 Å². The summed E-state index contributed by atoms with van der Waals surface area (Å²) in [5.41, 5.74) is 2.11. The number of sulfonamides is 1. The van der Waals surface area contributed by atoms with Crippen LogP contribution in [0.4, 0.5) is 0 Å². The Morgan fingerprint density at radius 2 is 1.36 bits per heavy atom. The first-order valence-electron chi connectivity index (χ1n) is 9.13. The SMILES string of the molecule is O=S(=O)(NCC(c1ccccc1)c1ccccc1)c1ccc2c(c1)OCCO2. The lowest BCUT2D eigenvalue weighted by atomic mass is 9.92. The van der Waals surface area contributed by atoms with Crippen LogP contribution in [-0.4, -0.2) is 28.2 Å². The highest BCUT2D eigenvalue weighted by Gasteiger charge is 2.22. The number of nitrogens with one attached hydrogen (secondary N) is 1. The average molecular weight is 395 g/mol. The lowest BCUT2D eigenvalue weighted by Crippen LogP contribution is -2.29. The van der Waals surface area contributed by atoms with Gasteiger partial charge in [-0.25, -0.2) is 13.1 Å². The van der Waals surface area contributed by atoms with Crippen molar-refractivity contribution >= 4 is 10.0 Å². The minimum Gasteiger partial charge on any atom is -0.486 e. The van der Waals surface area contributed by atoms with Crippen molar-refractivity contribution in [3.05, 3.63) is 90.0 Å². The number of ether oxygens (including phenoxy) is 2. The molecule has 28 heavy (non-hydrogen) atoms. The summed E-state index contributed by atoms with van der Waals surface area (Å²) in [5.74, 6) is 0.933. The van der Waals surface area contributed by atoms with Crippen LogP contribution in [0.2, 0.25) is 0 Å². The van der Waals surface area contributed by atoms with Crippen molar-refractivity contribution in [1.29, 1.82) is 0 Å². The molecule has 1 aliphatic heterocycles. The van der Waals surface area contributed by atoms with Gasteiger partial charge in [0.1, 0.15) is 13.2 Å². The van der Waals surface area contributed by atoms with Crippen LogP contribution in [0.25, 0.3) is 0 Å². The molecule has 0 atom stereocenters. The molecule has 0 aromatic heterocycles. The number of hydrogen-bond donors (Lipinski definition) is 1. The van der Waals surface area contributed by atoms with Crippen LogP contribution in [0, 0.1) is 0 Å². The monoisotopic (exact) mass is 395 g/mol. The van der Waals surface area contributed by atoms with Gasteiger partial charge in [0.2, 0.25) is 10.0 Å². The quantitative estimate of drug-likeness (QED) is 0.693. The van der Waals surface area contributed by atoms with Crippen LogP contribution < -0.4 is 14.2 Å². The van der Waals surface area contributed by atoms with Gasteiger partial charge >= 0.3 is 0 Å². The highest BCUT2D eigenvalue weighted by molar-refractivity contribution is 7.89. The fourth-order valence-corrected chi connectivity index (χ4v) is 4.33. The summed E-state index contributed by atoms with van der Waals surface area (Å²) in [6.07, 6.45) is 0. The van der Waals surface area contributed by atoms with E-state index in [0.29, 0.717) is 24.7 Å². The first-order valence-corrected chi connectivity index (χ1v) is 10.6. The predicted octanol–water partition coefficient (Wildman–Crippen LogP) is 3.57. The second-order valence-corrected chi connectivity index (χ2v) is 8.30. The molecule has 0 bridgehead atoms. The smallest absolute Gasteiger partial charge is 0.240 e.